The third-order valence-electron chi connectivity index (χ3n) is 4.20. The average molecular weight is 304 g/mol. The van der Waals surface area contributed by atoms with Gasteiger partial charge in [0.2, 0.25) is 5.91 Å². The largest absolute Gasteiger partial charge is 0.494 e. The Hall–Kier alpha value is -1.71. The summed E-state index contributed by atoms with van der Waals surface area (Å²) in [6.07, 6.45) is 4.45. The molecular weight excluding hydrogens is 276 g/mol. The fourth-order valence-electron chi connectivity index (χ4n) is 2.55. The topological polar surface area (TPSA) is 41.6 Å². The number of piperidine rings is 1. The minimum Gasteiger partial charge on any atom is -0.494 e. The van der Waals surface area contributed by atoms with E-state index in [1.807, 2.05) is 29.2 Å². The number of unbranched alkanes of at least 4 members (excludes halogenated alkanes) is 1. The van der Waals surface area contributed by atoms with Crippen LogP contribution in [0.3, 0.4) is 0 Å². The van der Waals surface area contributed by atoms with Gasteiger partial charge in [0, 0.05) is 18.8 Å². The molecule has 122 valence electrons. The molecule has 4 heteroatoms. The van der Waals surface area contributed by atoms with Crippen molar-refractivity contribution in [3.8, 4) is 5.75 Å². The van der Waals surface area contributed by atoms with Gasteiger partial charge in [-0.2, -0.15) is 0 Å². The summed E-state index contributed by atoms with van der Waals surface area (Å²) in [6.45, 7) is 7.32. The Kier molecular flexibility index (Phi) is 6.56. The maximum atomic E-state index is 12.2. The van der Waals surface area contributed by atoms with E-state index in [0.29, 0.717) is 6.54 Å². The van der Waals surface area contributed by atoms with Crippen LogP contribution in [0.4, 0.5) is 5.69 Å². The molecule has 0 atom stereocenters. The van der Waals surface area contributed by atoms with Gasteiger partial charge in [-0.1, -0.05) is 20.3 Å². The number of hydrogen-bond donors (Lipinski definition) is 1. The molecule has 0 bridgehead atoms. The minimum atomic E-state index is 0.190. The van der Waals surface area contributed by atoms with Crippen molar-refractivity contribution in [2.45, 2.75) is 39.5 Å². The van der Waals surface area contributed by atoms with Gasteiger partial charge < -0.3 is 15.0 Å². The molecule has 1 aromatic rings. The van der Waals surface area contributed by atoms with E-state index in [2.05, 4.69) is 19.2 Å². The fraction of sp³-hybridized carbons (Fsp3) is 0.611. The van der Waals surface area contributed by atoms with E-state index in [4.69, 9.17) is 4.74 Å². The highest BCUT2D eigenvalue weighted by Crippen LogP contribution is 2.17. The summed E-state index contributed by atoms with van der Waals surface area (Å²) < 4.78 is 5.63. The third kappa shape index (κ3) is 5.24. The van der Waals surface area contributed by atoms with Gasteiger partial charge in [0.25, 0.3) is 0 Å². The number of rotatable bonds is 7. The van der Waals surface area contributed by atoms with E-state index in [1.54, 1.807) is 0 Å². The lowest BCUT2D eigenvalue weighted by molar-refractivity contribution is -0.130. The lowest BCUT2D eigenvalue weighted by Gasteiger charge is -2.30. The van der Waals surface area contributed by atoms with Crippen molar-refractivity contribution in [1.29, 1.82) is 0 Å². The predicted molar refractivity (Wildman–Crippen MR) is 90.3 cm³/mol. The first kappa shape index (κ1) is 16.7. The maximum Gasteiger partial charge on any atom is 0.241 e. The number of carbonyl (C=O) groups is 1. The molecule has 1 aliphatic rings. The van der Waals surface area contributed by atoms with Gasteiger partial charge in [0.1, 0.15) is 5.75 Å². The highest BCUT2D eigenvalue weighted by Gasteiger charge is 2.19. The second-order valence-electron chi connectivity index (χ2n) is 6.14. The summed E-state index contributed by atoms with van der Waals surface area (Å²) >= 11 is 0. The fourth-order valence-corrected chi connectivity index (χ4v) is 2.55. The van der Waals surface area contributed by atoms with Crippen molar-refractivity contribution in [3.05, 3.63) is 24.3 Å². The molecule has 0 aromatic heterocycles. The Balaban J connectivity index is 1.73. The number of nitrogens with one attached hydrogen (secondary N) is 1. The summed E-state index contributed by atoms with van der Waals surface area (Å²) in [7, 11) is 0. The first-order chi connectivity index (χ1) is 10.7. The van der Waals surface area contributed by atoms with Crippen molar-refractivity contribution < 1.29 is 9.53 Å². The Labute approximate surface area is 133 Å². The van der Waals surface area contributed by atoms with Crippen LogP contribution >= 0.6 is 0 Å². The zero-order valence-corrected chi connectivity index (χ0v) is 13.8. The summed E-state index contributed by atoms with van der Waals surface area (Å²) in [5, 5.41) is 3.20. The van der Waals surface area contributed by atoms with Gasteiger partial charge in [0.15, 0.2) is 0 Å². The van der Waals surface area contributed by atoms with Crippen molar-refractivity contribution in [1.82, 2.24) is 4.90 Å². The Morgan fingerprint density at radius 2 is 1.95 bits per heavy atom. The lowest BCUT2D eigenvalue weighted by atomic mass is 9.99. The standard InChI is InChI=1S/C18H28N2O2/c1-3-4-13-22-17-7-5-16(6-8-17)19-14-18(21)20-11-9-15(2)10-12-20/h5-8,15,19H,3-4,9-14H2,1-2H3. The van der Waals surface area contributed by atoms with E-state index in [1.165, 1.54) is 0 Å². The molecule has 2 rings (SSSR count). The second-order valence-corrected chi connectivity index (χ2v) is 6.14. The van der Waals surface area contributed by atoms with Gasteiger partial charge in [-0.25, -0.2) is 0 Å². The van der Waals surface area contributed by atoms with Crippen molar-refractivity contribution in [3.63, 3.8) is 0 Å². The molecule has 1 aliphatic heterocycles. The first-order valence-electron chi connectivity index (χ1n) is 8.43. The van der Waals surface area contributed by atoms with E-state index < -0.39 is 0 Å². The average Bonchev–Trinajstić information content (AvgIpc) is 2.55. The normalized spacial score (nSPS) is 15.6. The van der Waals surface area contributed by atoms with Crippen molar-refractivity contribution in [2.75, 3.05) is 31.6 Å². The van der Waals surface area contributed by atoms with Crippen LogP contribution in [-0.2, 0) is 4.79 Å². The molecule has 0 aliphatic carbocycles. The summed E-state index contributed by atoms with van der Waals surface area (Å²) in [5.41, 5.74) is 0.960. The number of hydrogen-bond acceptors (Lipinski definition) is 3. The van der Waals surface area contributed by atoms with E-state index in [9.17, 15) is 4.79 Å². The van der Waals surface area contributed by atoms with Crippen LogP contribution in [0.2, 0.25) is 0 Å². The number of ether oxygens (including phenoxy) is 1. The number of amides is 1. The molecule has 0 spiro atoms. The smallest absolute Gasteiger partial charge is 0.241 e. The number of benzene rings is 1. The van der Waals surface area contributed by atoms with Gasteiger partial charge in [-0.05, 0) is 49.4 Å². The van der Waals surface area contributed by atoms with Crippen LogP contribution in [0.1, 0.15) is 39.5 Å². The number of nitrogens with zero attached hydrogens (tertiary/aromatic N) is 1. The van der Waals surface area contributed by atoms with E-state index in [-0.39, 0.29) is 5.91 Å². The van der Waals surface area contributed by atoms with E-state index in [0.717, 1.165) is 62.7 Å². The number of likely N-dealkylation sites (tertiary alicyclic amines) is 1. The summed E-state index contributed by atoms with van der Waals surface area (Å²) in [4.78, 5) is 14.1. The Bertz CT molecular complexity index is 451. The van der Waals surface area contributed by atoms with Gasteiger partial charge >= 0.3 is 0 Å². The van der Waals surface area contributed by atoms with Gasteiger partial charge in [-0.3, -0.25) is 4.79 Å². The van der Waals surface area contributed by atoms with Crippen LogP contribution in [-0.4, -0.2) is 37.0 Å². The van der Waals surface area contributed by atoms with Gasteiger partial charge in [-0.15, -0.1) is 0 Å². The van der Waals surface area contributed by atoms with Gasteiger partial charge in [0.05, 0.1) is 13.2 Å². The molecular formula is C18H28N2O2. The van der Waals surface area contributed by atoms with Crippen molar-refractivity contribution >= 4 is 11.6 Å². The lowest BCUT2D eigenvalue weighted by Crippen LogP contribution is -2.40. The first-order valence-corrected chi connectivity index (χ1v) is 8.43. The van der Waals surface area contributed by atoms with Crippen LogP contribution in [0.5, 0.6) is 5.75 Å². The second kappa shape index (κ2) is 8.66. The summed E-state index contributed by atoms with van der Waals surface area (Å²) in [5.74, 6) is 1.82. The van der Waals surface area contributed by atoms with Crippen LogP contribution in [0.15, 0.2) is 24.3 Å². The van der Waals surface area contributed by atoms with E-state index >= 15 is 0 Å². The quantitative estimate of drug-likeness (QED) is 0.783. The molecule has 22 heavy (non-hydrogen) atoms. The SMILES string of the molecule is CCCCOc1ccc(NCC(=O)N2CCC(C)CC2)cc1. The Morgan fingerprint density at radius 3 is 2.59 bits per heavy atom. The monoisotopic (exact) mass is 304 g/mol. The molecule has 1 saturated heterocycles. The minimum absolute atomic E-state index is 0.190. The summed E-state index contributed by atoms with van der Waals surface area (Å²) in [6, 6.07) is 7.83. The molecule has 4 nitrogen and oxygen atoms in total. The highest BCUT2D eigenvalue weighted by atomic mass is 16.5. The molecule has 1 heterocycles. The third-order valence-corrected chi connectivity index (χ3v) is 4.20. The maximum absolute atomic E-state index is 12.2. The van der Waals surface area contributed by atoms with Crippen LogP contribution in [0, 0.1) is 5.92 Å². The molecule has 1 N–H and O–H groups in total. The zero-order chi connectivity index (χ0) is 15.8. The number of anilines is 1. The Morgan fingerprint density at radius 1 is 1.27 bits per heavy atom. The van der Waals surface area contributed by atoms with Crippen LogP contribution < -0.4 is 10.1 Å². The zero-order valence-electron chi connectivity index (χ0n) is 13.8. The molecule has 0 saturated carbocycles. The van der Waals surface area contributed by atoms with Crippen LogP contribution in [0.25, 0.3) is 0 Å². The van der Waals surface area contributed by atoms with Crippen molar-refractivity contribution in [2.24, 2.45) is 5.92 Å². The molecule has 0 unspecified atom stereocenters. The molecule has 0 radical (unpaired) electrons. The molecule has 1 amide bonds. The predicted octanol–water partition coefficient (Wildman–Crippen LogP) is 3.54. The molecule has 1 aromatic carbocycles. The molecule has 1 fully saturated rings. The highest BCUT2D eigenvalue weighted by molar-refractivity contribution is 5.81. The number of carbonyl (C=O) groups excluding carboxylic acids is 1.